The van der Waals surface area contributed by atoms with Crippen LogP contribution in [0.1, 0.15) is 39.2 Å². The molecule has 3 nitrogen and oxygen atoms in total. The van der Waals surface area contributed by atoms with Crippen LogP contribution in [-0.4, -0.2) is 19.8 Å². The van der Waals surface area contributed by atoms with Crippen LogP contribution in [-0.2, 0) is 0 Å². The monoisotopic (exact) mass is 288 g/mol. The molecule has 1 aromatic rings. The van der Waals surface area contributed by atoms with Gasteiger partial charge < -0.3 is 14.2 Å². The number of benzene rings is 1. The lowest BCUT2D eigenvalue weighted by Gasteiger charge is -2.32. The van der Waals surface area contributed by atoms with Gasteiger partial charge in [0, 0.05) is 12.1 Å². The van der Waals surface area contributed by atoms with E-state index in [1.54, 1.807) is 14.2 Å². The zero-order chi connectivity index (χ0) is 15.5. The maximum atomic E-state index is 6.21. The first kappa shape index (κ1) is 15.5. The van der Waals surface area contributed by atoms with Gasteiger partial charge in [-0.15, -0.1) is 0 Å². The van der Waals surface area contributed by atoms with E-state index in [0.29, 0.717) is 0 Å². The van der Waals surface area contributed by atoms with Gasteiger partial charge in [-0.1, -0.05) is 11.6 Å². The third-order valence-corrected chi connectivity index (χ3v) is 3.67. The van der Waals surface area contributed by atoms with Gasteiger partial charge in [0.05, 0.1) is 19.8 Å². The zero-order valence-electron chi connectivity index (χ0n) is 13.5. The smallest absolute Gasteiger partial charge is 0.135 e. The second kappa shape index (κ2) is 6.25. The Labute approximate surface area is 127 Å². The number of allylic oxidation sites excluding steroid dienone is 2. The number of rotatable bonds is 5. The summed E-state index contributed by atoms with van der Waals surface area (Å²) in [4.78, 5) is 0. The average molecular weight is 288 g/mol. The fourth-order valence-electron chi connectivity index (χ4n) is 2.44. The van der Waals surface area contributed by atoms with Crippen LogP contribution < -0.4 is 14.2 Å². The van der Waals surface area contributed by atoms with Crippen molar-refractivity contribution in [2.45, 2.75) is 39.2 Å². The second-order valence-electron chi connectivity index (χ2n) is 5.81. The van der Waals surface area contributed by atoms with Crippen molar-refractivity contribution in [2.24, 2.45) is 0 Å². The topological polar surface area (TPSA) is 27.7 Å². The molecular formula is C18H24O3. The van der Waals surface area contributed by atoms with Crippen molar-refractivity contribution in [3.05, 3.63) is 35.4 Å². The number of fused-ring (bicyclic) bond motifs is 1. The summed E-state index contributed by atoms with van der Waals surface area (Å²) in [5, 5.41) is 0. The molecular weight excluding hydrogens is 264 g/mol. The Balaban J connectivity index is 2.25. The molecule has 0 saturated heterocycles. The van der Waals surface area contributed by atoms with Crippen molar-refractivity contribution in [3.8, 4) is 17.2 Å². The summed E-state index contributed by atoms with van der Waals surface area (Å²) in [5.74, 6) is 2.33. The molecule has 0 spiro atoms. The quantitative estimate of drug-likeness (QED) is 0.740. The Morgan fingerprint density at radius 1 is 1.24 bits per heavy atom. The molecule has 0 amide bonds. The first-order chi connectivity index (χ1) is 9.97. The average Bonchev–Trinajstić information content (AvgIpc) is 2.44. The normalized spacial score (nSPS) is 19.5. The summed E-state index contributed by atoms with van der Waals surface area (Å²) >= 11 is 0. The fraction of sp³-hybridized carbons (Fsp3) is 0.444. The summed E-state index contributed by atoms with van der Waals surface area (Å²) in [5.41, 5.74) is 2.01. The Morgan fingerprint density at radius 3 is 2.62 bits per heavy atom. The predicted molar refractivity (Wildman–Crippen MR) is 86.3 cm³/mol. The number of hydrogen-bond donors (Lipinski definition) is 0. The highest BCUT2D eigenvalue weighted by atomic mass is 16.5. The molecule has 0 radical (unpaired) electrons. The van der Waals surface area contributed by atoms with Crippen molar-refractivity contribution in [1.82, 2.24) is 0 Å². The van der Waals surface area contributed by atoms with Gasteiger partial charge in [-0.05, 0) is 45.8 Å². The highest BCUT2D eigenvalue weighted by molar-refractivity contribution is 5.69. The largest absolute Gasteiger partial charge is 0.496 e. The molecule has 0 saturated carbocycles. The van der Waals surface area contributed by atoms with E-state index in [1.807, 2.05) is 12.1 Å². The van der Waals surface area contributed by atoms with Crippen LogP contribution >= 0.6 is 0 Å². The van der Waals surface area contributed by atoms with E-state index in [2.05, 4.69) is 39.0 Å². The van der Waals surface area contributed by atoms with Crippen molar-refractivity contribution in [1.29, 1.82) is 0 Å². The maximum Gasteiger partial charge on any atom is 0.135 e. The van der Waals surface area contributed by atoms with Gasteiger partial charge >= 0.3 is 0 Å². The summed E-state index contributed by atoms with van der Waals surface area (Å²) in [6.45, 7) is 6.34. The molecule has 1 aliphatic rings. The van der Waals surface area contributed by atoms with E-state index in [4.69, 9.17) is 14.2 Å². The SMILES string of the molecule is COc1cc(OC)c2c(c1)O[C@@](C)(CCC=C(C)C)C=C2. The van der Waals surface area contributed by atoms with Crippen LogP contribution in [0.5, 0.6) is 17.2 Å². The molecule has 114 valence electrons. The molecule has 3 heteroatoms. The highest BCUT2D eigenvalue weighted by Gasteiger charge is 2.28. The van der Waals surface area contributed by atoms with Crippen molar-refractivity contribution >= 4 is 6.08 Å². The first-order valence-corrected chi connectivity index (χ1v) is 7.25. The lowest BCUT2D eigenvalue weighted by atomic mass is 9.94. The zero-order valence-corrected chi connectivity index (χ0v) is 13.5. The molecule has 1 atom stereocenters. The van der Waals surface area contributed by atoms with E-state index in [0.717, 1.165) is 35.7 Å². The van der Waals surface area contributed by atoms with E-state index < -0.39 is 0 Å². The van der Waals surface area contributed by atoms with Crippen LogP contribution in [0.3, 0.4) is 0 Å². The molecule has 0 N–H and O–H groups in total. The lowest BCUT2D eigenvalue weighted by Crippen LogP contribution is -2.31. The Bertz CT molecular complexity index is 568. The van der Waals surface area contributed by atoms with E-state index in [-0.39, 0.29) is 5.60 Å². The molecule has 1 heterocycles. The fourth-order valence-corrected chi connectivity index (χ4v) is 2.44. The van der Waals surface area contributed by atoms with Gasteiger partial charge in [0.25, 0.3) is 0 Å². The Kier molecular flexibility index (Phi) is 4.61. The number of methoxy groups -OCH3 is 2. The molecule has 0 aliphatic carbocycles. The third-order valence-electron chi connectivity index (χ3n) is 3.67. The summed E-state index contributed by atoms with van der Waals surface area (Å²) in [6.07, 6.45) is 8.38. The molecule has 0 aromatic heterocycles. The van der Waals surface area contributed by atoms with Gasteiger partial charge in [-0.3, -0.25) is 0 Å². The first-order valence-electron chi connectivity index (χ1n) is 7.25. The van der Waals surface area contributed by atoms with Crippen LogP contribution in [0.15, 0.2) is 29.9 Å². The molecule has 1 aromatic carbocycles. The Morgan fingerprint density at radius 2 is 2.00 bits per heavy atom. The highest BCUT2D eigenvalue weighted by Crippen LogP contribution is 2.41. The molecule has 0 unspecified atom stereocenters. The van der Waals surface area contributed by atoms with Gasteiger partial charge in [0.1, 0.15) is 22.8 Å². The van der Waals surface area contributed by atoms with E-state index in [1.165, 1.54) is 5.57 Å². The molecule has 1 aliphatic heterocycles. The van der Waals surface area contributed by atoms with Crippen LogP contribution in [0.4, 0.5) is 0 Å². The minimum atomic E-state index is -0.295. The lowest BCUT2D eigenvalue weighted by molar-refractivity contribution is 0.127. The Hall–Kier alpha value is -1.90. The minimum Gasteiger partial charge on any atom is -0.496 e. The molecule has 2 rings (SSSR count). The summed E-state index contributed by atoms with van der Waals surface area (Å²) in [7, 11) is 3.30. The number of ether oxygens (including phenoxy) is 3. The number of hydrogen-bond acceptors (Lipinski definition) is 3. The van der Waals surface area contributed by atoms with Gasteiger partial charge in [0.15, 0.2) is 0 Å². The van der Waals surface area contributed by atoms with Crippen molar-refractivity contribution in [3.63, 3.8) is 0 Å². The van der Waals surface area contributed by atoms with E-state index in [9.17, 15) is 0 Å². The minimum absolute atomic E-state index is 0.295. The standard InChI is InChI=1S/C18H24O3/c1-13(2)7-6-9-18(3)10-8-15-16(20-5)11-14(19-4)12-17(15)21-18/h7-8,10-12H,6,9H2,1-5H3/t18-/m0/s1. The van der Waals surface area contributed by atoms with Gasteiger partial charge in [0.2, 0.25) is 0 Å². The third kappa shape index (κ3) is 3.60. The van der Waals surface area contributed by atoms with Crippen molar-refractivity contribution < 1.29 is 14.2 Å². The van der Waals surface area contributed by atoms with Crippen molar-refractivity contribution in [2.75, 3.05) is 14.2 Å². The van der Waals surface area contributed by atoms with Gasteiger partial charge in [-0.2, -0.15) is 0 Å². The second-order valence-corrected chi connectivity index (χ2v) is 5.81. The summed E-state index contributed by atoms with van der Waals surface area (Å²) in [6, 6.07) is 3.79. The van der Waals surface area contributed by atoms with Crippen LogP contribution in [0, 0.1) is 0 Å². The van der Waals surface area contributed by atoms with E-state index >= 15 is 0 Å². The molecule has 21 heavy (non-hydrogen) atoms. The van der Waals surface area contributed by atoms with Crippen LogP contribution in [0.2, 0.25) is 0 Å². The molecule has 0 fully saturated rings. The summed E-state index contributed by atoms with van der Waals surface area (Å²) < 4.78 is 16.9. The predicted octanol–water partition coefficient (Wildman–Crippen LogP) is 4.61. The molecule has 0 bridgehead atoms. The van der Waals surface area contributed by atoms with Gasteiger partial charge in [-0.25, -0.2) is 0 Å². The maximum absolute atomic E-state index is 6.21. The van der Waals surface area contributed by atoms with Crippen LogP contribution in [0.25, 0.3) is 6.08 Å².